The Kier molecular flexibility index (Phi) is 15.7. The number of carbonyl (C=O) groups excluding carboxylic acids is 1. The van der Waals surface area contributed by atoms with Gasteiger partial charge in [-0.15, -0.1) is 0 Å². The second-order valence-corrected chi connectivity index (χ2v) is 18.4. The quantitative estimate of drug-likeness (QED) is 0.0755. The minimum absolute atomic E-state index is 0.0938. The Morgan fingerprint density at radius 2 is 1.68 bits per heavy atom. The van der Waals surface area contributed by atoms with Crippen LogP contribution in [-0.2, 0) is 14.0 Å². The van der Waals surface area contributed by atoms with Crippen molar-refractivity contribution in [3.8, 4) is 5.75 Å². The molecule has 0 saturated heterocycles. The van der Waals surface area contributed by atoms with Gasteiger partial charge in [-0.2, -0.15) is 0 Å². The van der Waals surface area contributed by atoms with E-state index in [-0.39, 0.29) is 29.5 Å². The molecule has 0 bridgehead atoms. The first-order valence-corrected chi connectivity index (χ1v) is 19.3. The summed E-state index contributed by atoms with van der Waals surface area (Å²) in [6.07, 6.45) is 19.0. The van der Waals surface area contributed by atoms with Crippen LogP contribution in [-0.4, -0.2) is 44.3 Å². The van der Waals surface area contributed by atoms with Crippen molar-refractivity contribution in [1.82, 2.24) is 0 Å². The van der Waals surface area contributed by atoms with Crippen molar-refractivity contribution in [2.24, 2.45) is 5.92 Å². The molecule has 1 aromatic rings. The molecule has 0 radical (unpaired) electrons. The van der Waals surface area contributed by atoms with Crippen molar-refractivity contribution in [2.45, 2.75) is 147 Å². The van der Waals surface area contributed by atoms with Gasteiger partial charge in [0.25, 0.3) is 0 Å². The van der Waals surface area contributed by atoms with E-state index in [0.29, 0.717) is 19.4 Å². The van der Waals surface area contributed by atoms with Crippen molar-refractivity contribution in [2.75, 3.05) is 13.2 Å². The van der Waals surface area contributed by atoms with E-state index in [1.54, 1.807) is 0 Å². The molecule has 0 aromatic heterocycles. The maximum absolute atomic E-state index is 12.0. The molecular weight excluding hydrogens is 528 g/mol. The Morgan fingerprint density at radius 1 is 1.05 bits per heavy atom. The second-order valence-electron chi connectivity index (χ2n) is 13.6. The lowest BCUT2D eigenvalue weighted by Crippen LogP contribution is -2.43. The van der Waals surface area contributed by atoms with Crippen molar-refractivity contribution >= 4 is 14.3 Å². The van der Waals surface area contributed by atoms with Crippen LogP contribution in [0.4, 0.5) is 0 Å². The maximum atomic E-state index is 12.0. The summed E-state index contributed by atoms with van der Waals surface area (Å²) < 4.78 is 17.8. The summed E-state index contributed by atoms with van der Waals surface area (Å²) in [5.41, 5.74) is -0.954. The van der Waals surface area contributed by atoms with Crippen LogP contribution in [0.25, 0.3) is 0 Å². The van der Waals surface area contributed by atoms with Gasteiger partial charge in [0, 0.05) is 0 Å². The highest BCUT2D eigenvalue weighted by Crippen LogP contribution is 2.39. The van der Waals surface area contributed by atoms with E-state index in [0.717, 1.165) is 38.0 Å². The predicted molar refractivity (Wildman–Crippen MR) is 173 cm³/mol. The Labute approximate surface area is 252 Å². The first-order chi connectivity index (χ1) is 19.4. The average molecular weight is 589 g/mol. The molecule has 1 fully saturated rings. The minimum Gasteiger partial charge on any atom is -0.494 e. The molecule has 6 heteroatoms. The third-order valence-corrected chi connectivity index (χ3v) is 13.4. The number of aliphatic hydroxyl groups is 1. The summed E-state index contributed by atoms with van der Waals surface area (Å²) in [6, 6.07) is 10.1. The molecule has 1 saturated carbocycles. The zero-order valence-corrected chi connectivity index (χ0v) is 28.1. The highest BCUT2D eigenvalue weighted by molar-refractivity contribution is 6.74. The molecule has 1 aromatic carbocycles. The van der Waals surface area contributed by atoms with E-state index in [4.69, 9.17) is 13.9 Å². The number of unbranched alkanes of at least 4 members (excludes halogenated alkanes) is 7. The monoisotopic (exact) mass is 588 g/mol. The van der Waals surface area contributed by atoms with E-state index >= 15 is 0 Å². The summed E-state index contributed by atoms with van der Waals surface area (Å²) >= 11 is 0. The Bertz CT molecular complexity index is 878. The van der Waals surface area contributed by atoms with Gasteiger partial charge in [0.1, 0.15) is 5.75 Å². The maximum Gasteiger partial charge on any atom is 0.308 e. The van der Waals surface area contributed by atoms with Gasteiger partial charge >= 0.3 is 5.97 Å². The number of rotatable bonds is 19. The number of allylic oxidation sites excluding steroid dienone is 1. The van der Waals surface area contributed by atoms with Gasteiger partial charge in [-0.1, -0.05) is 96.1 Å². The van der Waals surface area contributed by atoms with Crippen molar-refractivity contribution < 1.29 is 23.8 Å². The molecule has 3 atom stereocenters. The van der Waals surface area contributed by atoms with E-state index in [2.05, 4.69) is 46.0 Å². The van der Waals surface area contributed by atoms with E-state index < -0.39 is 13.9 Å². The summed E-state index contributed by atoms with van der Waals surface area (Å²) in [6.45, 7) is 14.5. The lowest BCUT2D eigenvalue weighted by atomic mass is 9.76. The van der Waals surface area contributed by atoms with Crippen LogP contribution in [0.1, 0.15) is 118 Å². The van der Waals surface area contributed by atoms with E-state index in [9.17, 15) is 9.90 Å². The summed E-state index contributed by atoms with van der Waals surface area (Å²) in [7, 11) is -1.91. The van der Waals surface area contributed by atoms with Crippen molar-refractivity contribution in [3.63, 3.8) is 0 Å². The molecule has 1 N–H and O–H groups in total. The number of para-hydroxylation sites is 1. The zero-order chi connectivity index (χ0) is 30.2. The van der Waals surface area contributed by atoms with Gasteiger partial charge < -0.3 is 19.0 Å². The van der Waals surface area contributed by atoms with Crippen LogP contribution in [0, 0.1) is 5.92 Å². The fourth-order valence-electron chi connectivity index (χ4n) is 5.44. The highest BCUT2D eigenvalue weighted by Gasteiger charge is 2.39. The van der Waals surface area contributed by atoms with Crippen LogP contribution < -0.4 is 4.74 Å². The van der Waals surface area contributed by atoms with E-state index in [1.165, 1.54) is 44.9 Å². The molecule has 2 rings (SSSR count). The summed E-state index contributed by atoms with van der Waals surface area (Å²) in [5, 5.41) is 11.2. The van der Waals surface area contributed by atoms with Gasteiger partial charge in [0.05, 0.1) is 31.3 Å². The van der Waals surface area contributed by atoms with Crippen LogP contribution in [0.3, 0.4) is 0 Å². The lowest BCUT2D eigenvalue weighted by molar-refractivity contribution is -0.150. The molecule has 1 aliphatic carbocycles. The van der Waals surface area contributed by atoms with Gasteiger partial charge in [-0.05, 0) is 81.6 Å². The van der Waals surface area contributed by atoms with Gasteiger partial charge in [-0.25, -0.2) is 0 Å². The van der Waals surface area contributed by atoms with E-state index in [1.807, 2.05) is 37.3 Å². The first kappa shape index (κ1) is 35.6. The molecule has 0 amide bonds. The van der Waals surface area contributed by atoms with Crippen LogP contribution in [0.2, 0.25) is 18.1 Å². The molecule has 1 aliphatic rings. The molecule has 234 valence electrons. The van der Waals surface area contributed by atoms with Crippen LogP contribution in [0.5, 0.6) is 5.75 Å². The third-order valence-electron chi connectivity index (χ3n) is 8.88. The molecule has 5 nitrogen and oxygen atoms in total. The molecule has 0 heterocycles. The van der Waals surface area contributed by atoms with Crippen LogP contribution in [0.15, 0.2) is 42.5 Å². The SMILES string of the molecule is CCOC(=O)CC1(O)CCCC(C=CC(CCCCCCCCCCOc2ccccc2)O[Si](C)(C)C(C)(C)C)C1. The highest BCUT2D eigenvalue weighted by atomic mass is 28.4. The molecule has 41 heavy (non-hydrogen) atoms. The Balaban J connectivity index is 1.74. The molecular formula is C35H60O5Si. The minimum atomic E-state index is -1.91. The van der Waals surface area contributed by atoms with Gasteiger partial charge in [-0.3, -0.25) is 4.79 Å². The number of hydrogen-bond acceptors (Lipinski definition) is 5. The summed E-state index contributed by atoms with van der Waals surface area (Å²) in [5.74, 6) is 0.940. The Morgan fingerprint density at radius 3 is 2.32 bits per heavy atom. The standard InChI is InChI=1S/C35H60O5Si/c1-7-38-33(36)29-35(37)26-19-20-30(28-35)24-25-32(40-41(5,6)34(2,3)4)23-15-12-10-8-9-11-13-18-27-39-31-21-16-14-17-22-31/h14,16-17,21-22,24-25,30,32,37H,7-13,15,18-20,23,26-29H2,1-6H3. The topological polar surface area (TPSA) is 65.0 Å². The molecule has 0 aliphatic heterocycles. The summed E-state index contributed by atoms with van der Waals surface area (Å²) in [4.78, 5) is 12.0. The van der Waals surface area contributed by atoms with Gasteiger partial charge in [0.2, 0.25) is 0 Å². The van der Waals surface area contributed by atoms with Crippen molar-refractivity contribution in [3.05, 3.63) is 42.5 Å². The lowest BCUT2D eigenvalue weighted by Gasteiger charge is -2.39. The fourth-order valence-corrected chi connectivity index (χ4v) is 6.74. The second kappa shape index (κ2) is 18.1. The fraction of sp³-hybridized carbons (Fsp3) is 0.743. The zero-order valence-electron chi connectivity index (χ0n) is 27.1. The smallest absolute Gasteiger partial charge is 0.308 e. The number of hydrogen-bond donors (Lipinski definition) is 1. The number of benzene rings is 1. The normalized spacial score (nSPS) is 20.7. The number of esters is 1. The Hall–Kier alpha value is -1.63. The largest absolute Gasteiger partial charge is 0.494 e. The number of carbonyl (C=O) groups is 1. The first-order valence-electron chi connectivity index (χ1n) is 16.4. The third kappa shape index (κ3) is 14.4. The molecule has 3 unspecified atom stereocenters. The van der Waals surface area contributed by atoms with Crippen LogP contribution >= 0.6 is 0 Å². The van der Waals surface area contributed by atoms with Crippen molar-refractivity contribution in [1.29, 1.82) is 0 Å². The average Bonchev–Trinajstić information content (AvgIpc) is 2.90. The van der Waals surface area contributed by atoms with Gasteiger partial charge in [0.15, 0.2) is 8.32 Å². The molecule has 0 spiro atoms. The predicted octanol–water partition coefficient (Wildman–Crippen LogP) is 9.40. The number of ether oxygens (including phenoxy) is 2.